The fourth-order valence-corrected chi connectivity index (χ4v) is 3.33. The molecule has 0 aliphatic carbocycles. The maximum Gasteiger partial charge on any atom is 0.165 e. The third-order valence-electron chi connectivity index (χ3n) is 3.22. The zero-order valence-corrected chi connectivity index (χ0v) is 13.1. The Bertz CT molecular complexity index is 682. The minimum absolute atomic E-state index is 0.0738. The molecule has 0 radical (unpaired) electrons. The van der Waals surface area contributed by atoms with Crippen LogP contribution in [-0.4, -0.2) is 15.7 Å². The molecule has 2 aromatic rings. The fraction of sp³-hybridized carbons (Fsp3) is 0.333. The zero-order valence-electron chi connectivity index (χ0n) is 11.4. The summed E-state index contributed by atoms with van der Waals surface area (Å²) >= 11 is 7.05. The number of ether oxygens (including phenoxy) is 1. The van der Waals surface area contributed by atoms with Gasteiger partial charge in [0.25, 0.3) is 0 Å². The molecule has 1 aromatic heterocycles. The Balaban J connectivity index is 1.93. The molecule has 0 saturated heterocycles. The van der Waals surface area contributed by atoms with Crippen LogP contribution in [0.25, 0.3) is 0 Å². The highest BCUT2D eigenvalue weighted by Crippen LogP contribution is 2.39. The molecule has 0 bridgehead atoms. The third-order valence-corrected chi connectivity index (χ3v) is 4.54. The number of fused-ring (bicyclic) bond motifs is 1. The summed E-state index contributed by atoms with van der Waals surface area (Å²) in [6.07, 6.45) is -0.0738. The summed E-state index contributed by atoms with van der Waals surface area (Å²) in [5.74, 6) is 2.98. The lowest BCUT2D eigenvalue weighted by Crippen LogP contribution is -2.18. The first-order valence-corrected chi connectivity index (χ1v) is 8.02. The standard InChI is InChI=1S/C15H16N2OS2/c1-9(2)10-7-14(19)17-15(16-10)12-8-20-13-6-4-3-5-11(13)18-12/h3-7,9,12H,8H2,1-2H3,(H,16,17,19). The number of aromatic nitrogens is 2. The number of hydrogen-bond donors (Lipinski definition) is 1. The van der Waals surface area contributed by atoms with Gasteiger partial charge < -0.3 is 9.72 Å². The summed E-state index contributed by atoms with van der Waals surface area (Å²) in [6.45, 7) is 4.27. The van der Waals surface area contributed by atoms with Crippen molar-refractivity contribution in [1.29, 1.82) is 0 Å². The van der Waals surface area contributed by atoms with Crippen molar-refractivity contribution in [2.45, 2.75) is 30.8 Å². The number of nitrogens with one attached hydrogen (secondary N) is 1. The van der Waals surface area contributed by atoms with Gasteiger partial charge in [-0.15, -0.1) is 11.8 Å². The number of hydrogen-bond acceptors (Lipinski definition) is 4. The first-order valence-electron chi connectivity index (χ1n) is 6.63. The molecule has 0 saturated carbocycles. The SMILES string of the molecule is CC(C)c1cc(=S)nc(C2CSc3ccccc3O2)[nH]1. The molecule has 0 amide bonds. The Morgan fingerprint density at radius 2 is 2.20 bits per heavy atom. The van der Waals surface area contributed by atoms with Crippen molar-refractivity contribution in [1.82, 2.24) is 9.97 Å². The number of aromatic amines is 1. The monoisotopic (exact) mass is 304 g/mol. The quantitative estimate of drug-likeness (QED) is 0.830. The molecular formula is C15H16N2OS2. The second kappa shape index (κ2) is 5.58. The van der Waals surface area contributed by atoms with Crippen LogP contribution >= 0.6 is 24.0 Å². The van der Waals surface area contributed by atoms with Gasteiger partial charge in [-0.1, -0.05) is 38.2 Å². The van der Waals surface area contributed by atoms with Gasteiger partial charge in [0.15, 0.2) is 6.10 Å². The normalized spacial score (nSPS) is 17.6. The minimum atomic E-state index is -0.0738. The lowest BCUT2D eigenvalue weighted by molar-refractivity contribution is 0.209. The summed E-state index contributed by atoms with van der Waals surface area (Å²) in [5.41, 5.74) is 1.10. The van der Waals surface area contributed by atoms with Gasteiger partial charge in [0.1, 0.15) is 16.2 Å². The van der Waals surface area contributed by atoms with Crippen LogP contribution in [0, 0.1) is 4.64 Å². The number of thioether (sulfide) groups is 1. The van der Waals surface area contributed by atoms with Crippen LogP contribution in [0.3, 0.4) is 0 Å². The van der Waals surface area contributed by atoms with Gasteiger partial charge in [0, 0.05) is 16.3 Å². The number of para-hydroxylation sites is 1. The van der Waals surface area contributed by atoms with Crippen molar-refractivity contribution in [3.8, 4) is 5.75 Å². The maximum absolute atomic E-state index is 6.05. The molecular weight excluding hydrogens is 288 g/mol. The average Bonchev–Trinajstić information content (AvgIpc) is 2.46. The molecule has 5 heteroatoms. The van der Waals surface area contributed by atoms with E-state index in [0.29, 0.717) is 10.6 Å². The Kier molecular flexibility index (Phi) is 3.81. The van der Waals surface area contributed by atoms with E-state index in [4.69, 9.17) is 17.0 Å². The highest BCUT2D eigenvalue weighted by Gasteiger charge is 2.23. The fourth-order valence-electron chi connectivity index (χ4n) is 2.11. The average molecular weight is 304 g/mol. The van der Waals surface area contributed by atoms with Crippen molar-refractivity contribution in [3.63, 3.8) is 0 Å². The second-order valence-electron chi connectivity index (χ2n) is 5.08. The van der Waals surface area contributed by atoms with E-state index in [-0.39, 0.29) is 6.10 Å². The van der Waals surface area contributed by atoms with Gasteiger partial charge >= 0.3 is 0 Å². The molecule has 1 N–H and O–H groups in total. The van der Waals surface area contributed by atoms with Crippen LogP contribution in [-0.2, 0) is 0 Å². The molecule has 1 aliphatic rings. The molecule has 0 fully saturated rings. The summed E-state index contributed by atoms with van der Waals surface area (Å²) in [6, 6.07) is 10.0. The summed E-state index contributed by atoms with van der Waals surface area (Å²) < 4.78 is 6.67. The number of H-pyrrole nitrogens is 1. The van der Waals surface area contributed by atoms with E-state index in [1.807, 2.05) is 24.3 Å². The van der Waals surface area contributed by atoms with Gasteiger partial charge in [0.05, 0.1) is 0 Å². The van der Waals surface area contributed by atoms with Crippen LogP contribution in [0.5, 0.6) is 5.75 Å². The second-order valence-corrected chi connectivity index (χ2v) is 6.56. The number of nitrogens with zero attached hydrogens (tertiary/aromatic N) is 1. The molecule has 1 atom stereocenters. The van der Waals surface area contributed by atoms with Crippen LogP contribution in [0.15, 0.2) is 35.2 Å². The van der Waals surface area contributed by atoms with Gasteiger partial charge in [-0.25, -0.2) is 4.98 Å². The molecule has 1 aliphatic heterocycles. The molecule has 3 rings (SSSR count). The van der Waals surface area contributed by atoms with Gasteiger partial charge in [0.2, 0.25) is 0 Å². The van der Waals surface area contributed by atoms with Crippen LogP contribution < -0.4 is 4.74 Å². The third kappa shape index (κ3) is 2.74. The Labute approximate surface area is 127 Å². The summed E-state index contributed by atoms with van der Waals surface area (Å²) in [7, 11) is 0. The van der Waals surface area contributed by atoms with Crippen LogP contribution in [0.1, 0.15) is 37.4 Å². The molecule has 1 aromatic carbocycles. The summed E-state index contributed by atoms with van der Waals surface area (Å²) in [5, 5.41) is 0. The van der Waals surface area contributed by atoms with E-state index in [1.54, 1.807) is 11.8 Å². The predicted molar refractivity (Wildman–Crippen MR) is 84.0 cm³/mol. The van der Waals surface area contributed by atoms with Gasteiger partial charge in [-0.2, -0.15) is 0 Å². The van der Waals surface area contributed by atoms with Crippen molar-refractivity contribution < 1.29 is 4.74 Å². The van der Waals surface area contributed by atoms with Gasteiger partial charge in [-0.3, -0.25) is 0 Å². The smallest absolute Gasteiger partial charge is 0.165 e. The van der Waals surface area contributed by atoms with Crippen molar-refractivity contribution in [2.75, 3.05) is 5.75 Å². The van der Waals surface area contributed by atoms with E-state index >= 15 is 0 Å². The first kappa shape index (κ1) is 13.6. The van der Waals surface area contributed by atoms with E-state index in [9.17, 15) is 0 Å². The van der Waals surface area contributed by atoms with Crippen LogP contribution in [0.4, 0.5) is 0 Å². The molecule has 3 nitrogen and oxygen atoms in total. The molecule has 104 valence electrons. The predicted octanol–water partition coefficient (Wildman–Crippen LogP) is 4.49. The molecule has 20 heavy (non-hydrogen) atoms. The minimum Gasteiger partial charge on any atom is -0.480 e. The molecule has 1 unspecified atom stereocenters. The molecule has 2 heterocycles. The first-order chi connectivity index (χ1) is 9.63. The summed E-state index contributed by atoms with van der Waals surface area (Å²) in [4.78, 5) is 8.99. The number of benzene rings is 1. The van der Waals surface area contributed by atoms with E-state index in [2.05, 4.69) is 29.9 Å². The van der Waals surface area contributed by atoms with Gasteiger partial charge in [-0.05, 0) is 24.1 Å². The highest BCUT2D eigenvalue weighted by molar-refractivity contribution is 7.99. The van der Waals surface area contributed by atoms with Crippen LogP contribution in [0.2, 0.25) is 0 Å². The Morgan fingerprint density at radius 3 is 3.00 bits per heavy atom. The van der Waals surface area contributed by atoms with Crippen molar-refractivity contribution in [2.24, 2.45) is 0 Å². The lowest BCUT2D eigenvalue weighted by Gasteiger charge is -2.25. The largest absolute Gasteiger partial charge is 0.480 e. The Morgan fingerprint density at radius 1 is 1.40 bits per heavy atom. The van der Waals surface area contributed by atoms with E-state index < -0.39 is 0 Å². The van der Waals surface area contributed by atoms with E-state index in [0.717, 1.165) is 23.0 Å². The maximum atomic E-state index is 6.05. The number of rotatable bonds is 2. The van der Waals surface area contributed by atoms with E-state index in [1.165, 1.54) is 4.90 Å². The highest BCUT2D eigenvalue weighted by atomic mass is 32.2. The topological polar surface area (TPSA) is 37.9 Å². The van der Waals surface area contributed by atoms with Crippen molar-refractivity contribution in [3.05, 3.63) is 46.5 Å². The van der Waals surface area contributed by atoms with Crippen molar-refractivity contribution >= 4 is 24.0 Å². The Hall–Kier alpha value is -1.33. The zero-order chi connectivity index (χ0) is 14.1. The lowest BCUT2D eigenvalue weighted by atomic mass is 10.1. The molecule has 0 spiro atoms.